The number of aromatic nitrogens is 1. The molecule has 98 valence electrons. The zero-order valence-electron chi connectivity index (χ0n) is 11.0. The van der Waals surface area contributed by atoms with Crippen molar-refractivity contribution in [2.24, 2.45) is 0 Å². The summed E-state index contributed by atoms with van der Waals surface area (Å²) < 4.78 is 0.949. The molecule has 3 rings (SSSR count). The highest BCUT2D eigenvalue weighted by molar-refractivity contribution is 5.38. The Bertz CT molecular complexity index is 641. The van der Waals surface area contributed by atoms with Gasteiger partial charge in [0.05, 0.1) is 5.92 Å². The second kappa shape index (κ2) is 5.57. The van der Waals surface area contributed by atoms with Crippen LogP contribution in [0, 0.1) is 5.21 Å². The summed E-state index contributed by atoms with van der Waals surface area (Å²) in [6, 6.07) is 25.8. The van der Waals surface area contributed by atoms with Gasteiger partial charge in [0, 0.05) is 12.1 Å². The summed E-state index contributed by atoms with van der Waals surface area (Å²) in [5.74, 6) is -0.0453. The molecule has 2 aromatic carbocycles. The van der Waals surface area contributed by atoms with Crippen LogP contribution in [0.4, 0.5) is 0 Å². The zero-order valence-corrected chi connectivity index (χ0v) is 11.0. The van der Waals surface area contributed by atoms with E-state index in [2.05, 4.69) is 24.3 Å². The standard InChI is InChI=1S/C18H15NO/c20-19-14-8-7-13-17(19)18(15-9-3-1-4-10-15)16-11-5-2-6-12-16/h1-14,18H. The van der Waals surface area contributed by atoms with Gasteiger partial charge in [-0.15, -0.1) is 0 Å². The predicted octanol–water partition coefficient (Wildman–Crippen LogP) is 3.50. The van der Waals surface area contributed by atoms with Gasteiger partial charge in [0.25, 0.3) is 0 Å². The van der Waals surface area contributed by atoms with Crippen molar-refractivity contribution in [3.8, 4) is 0 Å². The number of hydrogen-bond donors (Lipinski definition) is 0. The first-order valence-corrected chi connectivity index (χ1v) is 6.64. The smallest absolute Gasteiger partial charge is 0.204 e. The molecule has 0 bridgehead atoms. The van der Waals surface area contributed by atoms with Gasteiger partial charge in [0.2, 0.25) is 5.69 Å². The molecule has 0 atom stereocenters. The largest absolute Gasteiger partial charge is 0.618 e. The second-order valence-corrected chi connectivity index (χ2v) is 4.71. The Hall–Kier alpha value is -2.61. The molecule has 20 heavy (non-hydrogen) atoms. The lowest BCUT2D eigenvalue weighted by Crippen LogP contribution is -2.33. The average molecular weight is 261 g/mol. The van der Waals surface area contributed by atoms with Gasteiger partial charge in [-0.3, -0.25) is 0 Å². The monoisotopic (exact) mass is 261 g/mol. The first kappa shape index (κ1) is 12.4. The molecule has 0 fully saturated rings. The van der Waals surface area contributed by atoms with Gasteiger partial charge in [0.15, 0.2) is 6.20 Å². The van der Waals surface area contributed by atoms with E-state index in [0.717, 1.165) is 21.6 Å². The second-order valence-electron chi connectivity index (χ2n) is 4.71. The molecule has 0 radical (unpaired) electrons. The van der Waals surface area contributed by atoms with Crippen LogP contribution in [0.1, 0.15) is 22.7 Å². The van der Waals surface area contributed by atoms with E-state index in [0.29, 0.717) is 0 Å². The van der Waals surface area contributed by atoms with E-state index in [1.54, 1.807) is 12.3 Å². The van der Waals surface area contributed by atoms with Crippen molar-refractivity contribution in [3.63, 3.8) is 0 Å². The summed E-state index contributed by atoms with van der Waals surface area (Å²) >= 11 is 0. The average Bonchev–Trinajstić information content (AvgIpc) is 2.52. The van der Waals surface area contributed by atoms with Crippen molar-refractivity contribution in [2.45, 2.75) is 5.92 Å². The fourth-order valence-corrected chi connectivity index (χ4v) is 2.49. The van der Waals surface area contributed by atoms with Crippen LogP contribution < -0.4 is 4.73 Å². The molecule has 2 nitrogen and oxygen atoms in total. The molecular formula is C18H15NO. The lowest BCUT2D eigenvalue weighted by atomic mass is 9.88. The molecule has 0 aliphatic carbocycles. The van der Waals surface area contributed by atoms with E-state index in [1.807, 2.05) is 48.5 Å². The maximum Gasteiger partial charge on any atom is 0.204 e. The highest BCUT2D eigenvalue weighted by atomic mass is 16.5. The van der Waals surface area contributed by atoms with Crippen molar-refractivity contribution < 1.29 is 4.73 Å². The van der Waals surface area contributed by atoms with Gasteiger partial charge >= 0.3 is 0 Å². The molecular weight excluding hydrogens is 246 g/mol. The van der Waals surface area contributed by atoms with Crippen LogP contribution in [0.25, 0.3) is 0 Å². The lowest BCUT2D eigenvalue weighted by Gasteiger charge is -2.17. The summed E-state index contributed by atoms with van der Waals surface area (Å²) in [4.78, 5) is 0. The van der Waals surface area contributed by atoms with E-state index in [1.165, 1.54) is 0 Å². The third-order valence-electron chi connectivity index (χ3n) is 3.42. The Morgan fingerprint density at radius 1 is 0.650 bits per heavy atom. The van der Waals surface area contributed by atoms with Crippen molar-refractivity contribution in [2.75, 3.05) is 0 Å². The minimum atomic E-state index is -0.0453. The number of rotatable bonds is 3. The van der Waals surface area contributed by atoms with Crippen LogP contribution in [0.5, 0.6) is 0 Å². The quantitative estimate of drug-likeness (QED) is 0.523. The van der Waals surface area contributed by atoms with Crippen LogP contribution in [0.15, 0.2) is 85.1 Å². The highest BCUT2D eigenvalue weighted by Crippen LogP contribution is 2.29. The SMILES string of the molecule is [O-][n+]1ccccc1C(c1ccccc1)c1ccccc1. The Kier molecular flexibility index (Phi) is 3.46. The molecule has 0 amide bonds. The summed E-state index contributed by atoms with van der Waals surface area (Å²) in [7, 11) is 0. The highest BCUT2D eigenvalue weighted by Gasteiger charge is 2.23. The third-order valence-corrected chi connectivity index (χ3v) is 3.42. The zero-order chi connectivity index (χ0) is 13.8. The number of pyridine rings is 1. The number of benzene rings is 2. The van der Waals surface area contributed by atoms with Gasteiger partial charge in [0.1, 0.15) is 0 Å². The number of nitrogens with zero attached hydrogens (tertiary/aromatic N) is 1. The lowest BCUT2D eigenvalue weighted by molar-refractivity contribution is -0.614. The van der Waals surface area contributed by atoms with Gasteiger partial charge < -0.3 is 5.21 Å². The molecule has 0 saturated heterocycles. The van der Waals surface area contributed by atoms with Crippen LogP contribution >= 0.6 is 0 Å². The fourth-order valence-electron chi connectivity index (χ4n) is 2.49. The Labute approximate surface area is 118 Å². The van der Waals surface area contributed by atoms with Crippen LogP contribution in [-0.4, -0.2) is 0 Å². The van der Waals surface area contributed by atoms with E-state index >= 15 is 0 Å². The molecule has 0 aliphatic heterocycles. The first-order chi connectivity index (χ1) is 9.86. The minimum absolute atomic E-state index is 0.0453. The molecule has 0 aliphatic rings. The maximum atomic E-state index is 12.1. The molecule has 1 aromatic heterocycles. The van der Waals surface area contributed by atoms with Crippen molar-refractivity contribution in [3.05, 3.63) is 107 Å². The molecule has 3 aromatic rings. The normalized spacial score (nSPS) is 10.7. The summed E-state index contributed by atoms with van der Waals surface area (Å²) in [5, 5.41) is 12.1. The summed E-state index contributed by atoms with van der Waals surface area (Å²) in [6.07, 6.45) is 1.55. The maximum absolute atomic E-state index is 12.1. The summed E-state index contributed by atoms with van der Waals surface area (Å²) in [6.45, 7) is 0. The van der Waals surface area contributed by atoms with Gasteiger partial charge in [-0.2, -0.15) is 4.73 Å². The number of hydrogen-bond acceptors (Lipinski definition) is 1. The first-order valence-electron chi connectivity index (χ1n) is 6.64. The van der Waals surface area contributed by atoms with Crippen LogP contribution in [0.3, 0.4) is 0 Å². The predicted molar refractivity (Wildman–Crippen MR) is 79.2 cm³/mol. The minimum Gasteiger partial charge on any atom is -0.618 e. The van der Waals surface area contributed by atoms with Gasteiger partial charge in [-0.05, 0) is 17.2 Å². The molecule has 0 unspecified atom stereocenters. The van der Waals surface area contributed by atoms with E-state index in [4.69, 9.17) is 0 Å². The van der Waals surface area contributed by atoms with Gasteiger partial charge in [-0.1, -0.05) is 60.7 Å². The fraction of sp³-hybridized carbons (Fsp3) is 0.0556. The van der Waals surface area contributed by atoms with Crippen LogP contribution in [-0.2, 0) is 0 Å². The van der Waals surface area contributed by atoms with Crippen molar-refractivity contribution in [1.82, 2.24) is 0 Å². The van der Waals surface area contributed by atoms with Gasteiger partial charge in [-0.25, -0.2) is 0 Å². The van der Waals surface area contributed by atoms with E-state index in [-0.39, 0.29) is 5.92 Å². The third kappa shape index (κ3) is 2.41. The Morgan fingerprint density at radius 2 is 1.15 bits per heavy atom. The molecule has 1 heterocycles. The molecule has 0 saturated carbocycles. The Balaban J connectivity index is 2.17. The topological polar surface area (TPSA) is 26.9 Å². The molecule has 0 spiro atoms. The van der Waals surface area contributed by atoms with E-state index in [9.17, 15) is 5.21 Å². The summed E-state index contributed by atoms with van der Waals surface area (Å²) in [5.41, 5.74) is 2.98. The van der Waals surface area contributed by atoms with Crippen molar-refractivity contribution >= 4 is 0 Å². The van der Waals surface area contributed by atoms with E-state index < -0.39 is 0 Å². The Morgan fingerprint density at radius 3 is 1.65 bits per heavy atom. The van der Waals surface area contributed by atoms with Crippen molar-refractivity contribution in [1.29, 1.82) is 0 Å². The molecule has 2 heteroatoms. The molecule has 0 N–H and O–H groups in total. The van der Waals surface area contributed by atoms with Crippen LogP contribution in [0.2, 0.25) is 0 Å².